The van der Waals surface area contributed by atoms with Gasteiger partial charge in [0.25, 0.3) is 0 Å². The van der Waals surface area contributed by atoms with Gasteiger partial charge in [0.05, 0.1) is 18.1 Å². The van der Waals surface area contributed by atoms with E-state index in [0.29, 0.717) is 24.7 Å². The van der Waals surface area contributed by atoms with Gasteiger partial charge in [-0.25, -0.2) is 9.37 Å². The zero-order valence-electron chi connectivity index (χ0n) is 10.7. The summed E-state index contributed by atoms with van der Waals surface area (Å²) in [5.41, 5.74) is 7.34. The van der Waals surface area contributed by atoms with Crippen molar-refractivity contribution in [2.75, 3.05) is 26.1 Å². The van der Waals surface area contributed by atoms with E-state index in [4.69, 9.17) is 15.2 Å². The summed E-state index contributed by atoms with van der Waals surface area (Å²) < 4.78 is 26.0. The lowest BCUT2D eigenvalue weighted by molar-refractivity contribution is 0.0711. The quantitative estimate of drug-likeness (QED) is 0.903. The van der Waals surface area contributed by atoms with Gasteiger partial charge in [0, 0.05) is 31.4 Å². The lowest BCUT2D eigenvalue weighted by atomic mass is 10.1. The molecule has 1 saturated heterocycles. The molecule has 0 unspecified atom stereocenters. The highest BCUT2D eigenvalue weighted by Gasteiger charge is 2.21. The van der Waals surface area contributed by atoms with Gasteiger partial charge in [0.1, 0.15) is 0 Å². The summed E-state index contributed by atoms with van der Waals surface area (Å²) in [5, 5.41) is 0. The van der Waals surface area contributed by atoms with Gasteiger partial charge in [-0.05, 0) is 12.8 Å². The fourth-order valence-electron chi connectivity index (χ4n) is 2.60. The molecule has 102 valence electrons. The first-order valence-corrected chi connectivity index (χ1v) is 6.29. The van der Waals surface area contributed by atoms with Gasteiger partial charge in [-0.15, -0.1) is 0 Å². The lowest BCUT2D eigenvalue weighted by Gasteiger charge is -2.24. The molecule has 19 heavy (non-hydrogen) atoms. The highest BCUT2D eigenvalue weighted by Crippen LogP contribution is 2.32. The van der Waals surface area contributed by atoms with Gasteiger partial charge in [-0.1, -0.05) is 0 Å². The first-order valence-electron chi connectivity index (χ1n) is 6.29. The average molecular weight is 265 g/mol. The van der Waals surface area contributed by atoms with Crippen LogP contribution in [0.5, 0.6) is 5.75 Å². The summed E-state index contributed by atoms with van der Waals surface area (Å²) in [7, 11) is 1.45. The van der Waals surface area contributed by atoms with Gasteiger partial charge in [0.15, 0.2) is 11.6 Å². The Morgan fingerprint density at radius 2 is 2.16 bits per heavy atom. The number of aromatic nitrogens is 2. The molecule has 0 spiro atoms. The molecule has 1 aromatic heterocycles. The number of nitrogens with zero attached hydrogens (tertiary/aromatic N) is 2. The van der Waals surface area contributed by atoms with Crippen LogP contribution in [-0.2, 0) is 4.74 Å². The van der Waals surface area contributed by atoms with Crippen LogP contribution in [0.2, 0.25) is 0 Å². The highest BCUT2D eigenvalue weighted by molar-refractivity contribution is 5.80. The maximum atomic E-state index is 13.7. The third kappa shape index (κ3) is 2.02. The second kappa shape index (κ2) is 4.70. The van der Waals surface area contributed by atoms with Crippen molar-refractivity contribution in [3.8, 4) is 5.75 Å². The SMILES string of the molecule is COc1cc2c(cc1F)nc(N)n2C1CCOCC1. The molecule has 0 saturated carbocycles. The van der Waals surface area contributed by atoms with E-state index in [2.05, 4.69) is 4.98 Å². The maximum absolute atomic E-state index is 13.7. The zero-order chi connectivity index (χ0) is 13.4. The summed E-state index contributed by atoms with van der Waals surface area (Å²) >= 11 is 0. The minimum Gasteiger partial charge on any atom is -0.494 e. The number of halogens is 1. The Morgan fingerprint density at radius 1 is 1.42 bits per heavy atom. The monoisotopic (exact) mass is 265 g/mol. The van der Waals surface area contributed by atoms with Crippen LogP contribution in [0, 0.1) is 5.82 Å². The molecule has 6 heteroatoms. The molecule has 0 aliphatic carbocycles. The maximum Gasteiger partial charge on any atom is 0.201 e. The molecular formula is C13H16FN3O2. The van der Waals surface area contributed by atoms with E-state index in [-0.39, 0.29) is 11.8 Å². The van der Waals surface area contributed by atoms with E-state index in [1.54, 1.807) is 6.07 Å². The summed E-state index contributed by atoms with van der Waals surface area (Å²) in [4.78, 5) is 4.23. The van der Waals surface area contributed by atoms with Gasteiger partial charge in [0.2, 0.25) is 5.95 Å². The molecule has 5 nitrogen and oxygen atoms in total. The van der Waals surface area contributed by atoms with E-state index >= 15 is 0 Å². The second-order valence-corrected chi connectivity index (χ2v) is 4.66. The van der Waals surface area contributed by atoms with Crippen LogP contribution < -0.4 is 10.5 Å². The molecule has 0 radical (unpaired) electrons. The average Bonchev–Trinajstić information content (AvgIpc) is 2.73. The molecule has 0 bridgehead atoms. The lowest BCUT2D eigenvalue weighted by Crippen LogP contribution is -2.20. The minimum atomic E-state index is -0.424. The Labute approximate surface area is 110 Å². The van der Waals surface area contributed by atoms with E-state index in [1.165, 1.54) is 13.2 Å². The third-order valence-electron chi connectivity index (χ3n) is 3.55. The number of imidazole rings is 1. The molecule has 0 atom stereocenters. The molecule has 0 amide bonds. The van der Waals surface area contributed by atoms with Crippen molar-refractivity contribution in [1.82, 2.24) is 9.55 Å². The number of nitrogens with two attached hydrogens (primary N) is 1. The number of nitrogen functional groups attached to an aromatic ring is 1. The standard InChI is InChI=1S/C13H16FN3O2/c1-18-12-7-11-10(6-9(12)14)16-13(15)17(11)8-2-4-19-5-3-8/h6-8H,2-5H2,1H3,(H2,15,16). The van der Waals surface area contributed by atoms with Crippen molar-refractivity contribution in [3.63, 3.8) is 0 Å². The van der Waals surface area contributed by atoms with E-state index in [9.17, 15) is 4.39 Å². The van der Waals surface area contributed by atoms with Crippen molar-refractivity contribution < 1.29 is 13.9 Å². The van der Waals surface area contributed by atoms with Gasteiger partial charge in [-0.2, -0.15) is 0 Å². The third-order valence-corrected chi connectivity index (χ3v) is 3.55. The summed E-state index contributed by atoms with van der Waals surface area (Å²) in [6.45, 7) is 1.42. The number of ether oxygens (including phenoxy) is 2. The van der Waals surface area contributed by atoms with E-state index in [0.717, 1.165) is 18.4 Å². The molecule has 3 rings (SSSR count). The fraction of sp³-hybridized carbons (Fsp3) is 0.462. The summed E-state index contributed by atoms with van der Waals surface area (Å²) in [6.07, 6.45) is 1.77. The number of methoxy groups -OCH3 is 1. The Balaban J connectivity index is 2.14. The van der Waals surface area contributed by atoms with Gasteiger partial charge < -0.3 is 19.8 Å². The second-order valence-electron chi connectivity index (χ2n) is 4.66. The molecule has 1 fully saturated rings. The Kier molecular flexibility index (Phi) is 3.02. The van der Waals surface area contributed by atoms with Gasteiger partial charge >= 0.3 is 0 Å². The van der Waals surface area contributed by atoms with Crippen LogP contribution in [-0.4, -0.2) is 29.9 Å². The minimum absolute atomic E-state index is 0.209. The number of benzene rings is 1. The topological polar surface area (TPSA) is 62.3 Å². The van der Waals surface area contributed by atoms with Crippen molar-refractivity contribution in [1.29, 1.82) is 0 Å². The smallest absolute Gasteiger partial charge is 0.201 e. The normalized spacial score (nSPS) is 16.9. The highest BCUT2D eigenvalue weighted by atomic mass is 19.1. The molecule has 1 aliphatic heterocycles. The first kappa shape index (κ1) is 12.2. The molecule has 2 N–H and O–H groups in total. The van der Waals surface area contributed by atoms with Crippen molar-refractivity contribution >= 4 is 17.0 Å². The molecule has 2 aromatic rings. The van der Waals surface area contributed by atoms with Crippen LogP contribution in [0.3, 0.4) is 0 Å². The van der Waals surface area contributed by atoms with Crippen molar-refractivity contribution in [3.05, 3.63) is 17.9 Å². The number of rotatable bonds is 2. The summed E-state index contributed by atoms with van der Waals surface area (Å²) in [5.74, 6) is 0.196. The first-order chi connectivity index (χ1) is 9.20. The molecular weight excluding hydrogens is 249 g/mol. The largest absolute Gasteiger partial charge is 0.494 e. The van der Waals surface area contributed by atoms with Crippen molar-refractivity contribution in [2.45, 2.75) is 18.9 Å². The van der Waals surface area contributed by atoms with E-state index in [1.807, 2.05) is 4.57 Å². The Morgan fingerprint density at radius 3 is 2.84 bits per heavy atom. The number of anilines is 1. The number of hydrogen-bond acceptors (Lipinski definition) is 4. The fourth-order valence-corrected chi connectivity index (χ4v) is 2.60. The van der Waals surface area contributed by atoms with Crippen molar-refractivity contribution in [2.24, 2.45) is 0 Å². The Hall–Kier alpha value is -1.82. The summed E-state index contributed by atoms with van der Waals surface area (Å²) in [6, 6.07) is 3.26. The van der Waals surface area contributed by atoms with Crippen LogP contribution in [0.4, 0.5) is 10.3 Å². The van der Waals surface area contributed by atoms with Crippen LogP contribution in [0.25, 0.3) is 11.0 Å². The zero-order valence-corrected chi connectivity index (χ0v) is 10.7. The molecule has 2 heterocycles. The number of fused-ring (bicyclic) bond motifs is 1. The predicted octanol–water partition coefficient (Wildman–Crippen LogP) is 2.12. The Bertz CT molecular complexity index is 605. The molecule has 1 aromatic carbocycles. The predicted molar refractivity (Wildman–Crippen MR) is 69.7 cm³/mol. The van der Waals surface area contributed by atoms with E-state index < -0.39 is 5.82 Å². The van der Waals surface area contributed by atoms with Crippen LogP contribution >= 0.6 is 0 Å². The molecule has 1 aliphatic rings. The van der Waals surface area contributed by atoms with Gasteiger partial charge in [-0.3, -0.25) is 0 Å². The van der Waals surface area contributed by atoms with Crippen LogP contribution in [0.15, 0.2) is 12.1 Å². The number of hydrogen-bond donors (Lipinski definition) is 1. The van der Waals surface area contributed by atoms with Crippen LogP contribution in [0.1, 0.15) is 18.9 Å².